The Balaban J connectivity index is 1.54. The molecule has 7 heteroatoms. The summed E-state index contributed by atoms with van der Waals surface area (Å²) >= 11 is 6.29. The van der Waals surface area contributed by atoms with E-state index in [1.165, 1.54) is 11.1 Å². The third kappa shape index (κ3) is 4.65. The molecular formula is C25H26ClN5O. The Hall–Kier alpha value is -3.25. The number of nitrogens with one attached hydrogen (secondary N) is 1. The molecule has 0 spiro atoms. The SMILES string of the molecule is CCC1=C(c2ccc(NC(=O)c3ccncc3CC)cc2)CN(c2nccnc2Cl)CC1. The number of aromatic nitrogens is 3. The highest BCUT2D eigenvalue weighted by Gasteiger charge is 2.22. The van der Waals surface area contributed by atoms with Crippen LogP contribution in [0.25, 0.3) is 5.57 Å². The number of hydrogen-bond acceptors (Lipinski definition) is 5. The monoisotopic (exact) mass is 447 g/mol. The second-order valence-corrected chi connectivity index (χ2v) is 8.05. The minimum absolute atomic E-state index is 0.119. The first kappa shape index (κ1) is 22.0. The first-order valence-electron chi connectivity index (χ1n) is 10.9. The van der Waals surface area contributed by atoms with Crippen molar-refractivity contribution in [1.29, 1.82) is 0 Å². The van der Waals surface area contributed by atoms with Crippen LogP contribution < -0.4 is 10.2 Å². The van der Waals surface area contributed by atoms with Crippen LogP contribution in [0.15, 0.2) is 60.7 Å². The summed E-state index contributed by atoms with van der Waals surface area (Å²) in [4.78, 5) is 27.6. The van der Waals surface area contributed by atoms with Crippen molar-refractivity contribution >= 4 is 34.6 Å². The first-order chi connectivity index (χ1) is 15.6. The van der Waals surface area contributed by atoms with Gasteiger partial charge in [0, 0.05) is 49.1 Å². The minimum atomic E-state index is -0.119. The molecule has 0 aliphatic carbocycles. The number of halogens is 1. The number of carbonyl (C=O) groups is 1. The van der Waals surface area contributed by atoms with E-state index in [0.29, 0.717) is 10.7 Å². The highest BCUT2D eigenvalue weighted by Crippen LogP contribution is 2.33. The Morgan fingerprint density at radius 3 is 2.56 bits per heavy atom. The molecule has 4 rings (SSSR count). The van der Waals surface area contributed by atoms with Crippen molar-refractivity contribution in [2.75, 3.05) is 23.3 Å². The molecule has 164 valence electrons. The highest BCUT2D eigenvalue weighted by molar-refractivity contribution is 6.31. The van der Waals surface area contributed by atoms with Gasteiger partial charge < -0.3 is 10.2 Å². The number of hydrogen-bond donors (Lipinski definition) is 1. The third-order valence-corrected chi connectivity index (χ3v) is 6.11. The average molecular weight is 448 g/mol. The predicted molar refractivity (Wildman–Crippen MR) is 129 cm³/mol. The average Bonchev–Trinajstić information content (AvgIpc) is 2.84. The van der Waals surface area contributed by atoms with E-state index in [4.69, 9.17) is 11.6 Å². The maximum absolute atomic E-state index is 12.7. The zero-order valence-electron chi connectivity index (χ0n) is 18.3. The van der Waals surface area contributed by atoms with E-state index in [2.05, 4.69) is 44.2 Å². The molecule has 1 amide bonds. The Morgan fingerprint density at radius 2 is 1.84 bits per heavy atom. The molecule has 1 aliphatic heterocycles. The van der Waals surface area contributed by atoms with Gasteiger partial charge in [0.25, 0.3) is 5.91 Å². The number of anilines is 2. The smallest absolute Gasteiger partial charge is 0.256 e. The number of pyridine rings is 1. The fraction of sp³-hybridized carbons (Fsp3) is 0.280. The van der Waals surface area contributed by atoms with Crippen LogP contribution in [0.3, 0.4) is 0 Å². The van der Waals surface area contributed by atoms with Crippen molar-refractivity contribution in [1.82, 2.24) is 15.0 Å². The molecular weight excluding hydrogens is 422 g/mol. The van der Waals surface area contributed by atoms with E-state index in [0.717, 1.165) is 55.0 Å². The van der Waals surface area contributed by atoms with Crippen molar-refractivity contribution in [2.45, 2.75) is 33.1 Å². The predicted octanol–water partition coefficient (Wildman–Crippen LogP) is 5.41. The molecule has 0 bridgehead atoms. The van der Waals surface area contributed by atoms with Gasteiger partial charge in [-0.1, -0.05) is 43.2 Å². The van der Waals surface area contributed by atoms with E-state index in [1.54, 1.807) is 30.9 Å². The Morgan fingerprint density at radius 1 is 1.06 bits per heavy atom. The molecule has 0 fully saturated rings. The van der Waals surface area contributed by atoms with Gasteiger partial charge in [-0.2, -0.15) is 0 Å². The van der Waals surface area contributed by atoms with Gasteiger partial charge in [0.2, 0.25) is 0 Å². The Kier molecular flexibility index (Phi) is 6.81. The van der Waals surface area contributed by atoms with Crippen molar-refractivity contribution in [3.63, 3.8) is 0 Å². The number of carbonyl (C=O) groups excluding carboxylic acids is 1. The van der Waals surface area contributed by atoms with Crippen molar-refractivity contribution in [2.24, 2.45) is 0 Å². The molecule has 32 heavy (non-hydrogen) atoms. The minimum Gasteiger partial charge on any atom is -0.349 e. The lowest BCUT2D eigenvalue weighted by Gasteiger charge is -2.32. The second-order valence-electron chi connectivity index (χ2n) is 7.70. The lowest BCUT2D eigenvalue weighted by atomic mass is 9.92. The maximum atomic E-state index is 12.7. The second kappa shape index (κ2) is 9.92. The molecule has 1 aliphatic rings. The molecule has 1 N–H and O–H groups in total. The number of nitrogens with zero attached hydrogens (tertiary/aromatic N) is 4. The van der Waals surface area contributed by atoms with E-state index >= 15 is 0 Å². The molecule has 6 nitrogen and oxygen atoms in total. The summed E-state index contributed by atoms with van der Waals surface area (Å²) in [6.07, 6.45) is 9.38. The molecule has 1 aromatic carbocycles. The topological polar surface area (TPSA) is 71.0 Å². The Bertz CT molecular complexity index is 1140. The quantitative estimate of drug-likeness (QED) is 0.546. The van der Waals surface area contributed by atoms with Gasteiger partial charge in [-0.3, -0.25) is 9.78 Å². The number of amides is 1. The van der Waals surface area contributed by atoms with Gasteiger partial charge in [0.1, 0.15) is 0 Å². The highest BCUT2D eigenvalue weighted by atomic mass is 35.5. The van der Waals surface area contributed by atoms with Crippen LogP contribution >= 0.6 is 11.6 Å². The van der Waals surface area contributed by atoms with Crippen molar-refractivity contribution < 1.29 is 4.79 Å². The van der Waals surface area contributed by atoms with Crippen LogP contribution in [0.2, 0.25) is 5.15 Å². The van der Waals surface area contributed by atoms with Gasteiger partial charge in [-0.25, -0.2) is 9.97 Å². The Labute approximate surface area is 193 Å². The molecule has 0 unspecified atom stereocenters. The van der Waals surface area contributed by atoms with Crippen molar-refractivity contribution in [3.05, 3.63) is 82.5 Å². The van der Waals surface area contributed by atoms with Gasteiger partial charge in [0.15, 0.2) is 11.0 Å². The number of benzene rings is 1. The van der Waals surface area contributed by atoms with Gasteiger partial charge in [0.05, 0.1) is 0 Å². The standard InChI is InChI=1S/C25H26ClN5O/c1-3-17-10-14-31(24-23(26)28-12-13-29-24)16-22(17)19-5-7-20(8-6-19)30-25(32)21-9-11-27-15-18(21)4-2/h5-9,11-13,15H,3-4,10,14,16H2,1-2H3,(H,30,32). The summed E-state index contributed by atoms with van der Waals surface area (Å²) in [6.45, 7) is 5.80. The van der Waals surface area contributed by atoms with Crippen LogP contribution in [-0.4, -0.2) is 33.9 Å². The molecule has 3 aromatic rings. The van der Waals surface area contributed by atoms with Crippen LogP contribution in [0.1, 0.15) is 48.2 Å². The van der Waals surface area contributed by atoms with Crippen LogP contribution in [-0.2, 0) is 6.42 Å². The molecule has 0 atom stereocenters. The largest absolute Gasteiger partial charge is 0.349 e. The fourth-order valence-electron chi connectivity index (χ4n) is 4.08. The summed E-state index contributed by atoms with van der Waals surface area (Å²) in [5.41, 5.74) is 6.21. The normalized spacial score (nSPS) is 13.9. The third-order valence-electron chi connectivity index (χ3n) is 5.84. The van der Waals surface area contributed by atoms with E-state index < -0.39 is 0 Å². The van der Waals surface area contributed by atoms with E-state index in [9.17, 15) is 4.79 Å². The maximum Gasteiger partial charge on any atom is 0.256 e. The first-order valence-corrected chi connectivity index (χ1v) is 11.3. The molecule has 2 aromatic heterocycles. The van der Waals surface area contributed by atoms with E-state index in [1.807, 2.05) is 19.1 Å². The fourth-order valence-corrected chi connectivity index (χ4v) is 4.30. The molecule has 0 saturated heterocycles. The number of rotatable bonds is 6. The van der Waals surface area contributed by atoms with Crippen molar-refractivity contribution in [3.8, 4) is 0 Å². The summed E-state index contributed by atoms with van der Waals surface area (Å²) in [7, 11) is 0. The zero-order valence-corrected chi connectivity index (χ0v) is 19.1. The van der Waals surface area contributed by atoms with Crippen LogP contribution in [0.4, 0.5) is 11.5 Å². The summed E-state index contributed by atoms with van der Waals surface area (Å²) < 4.78 is 0. The van der Waals surface area contributed by atoms with Gasteiger partial charge in [-0.05, 0) is 54.2 Å². The van der Waals surface area contributed by atoms with Gasteiger partial charge >= 0.3 is 0 Å². The summed E-state index contributed by atoms with van der Waals surface area (Å²) in [5.74, 6) is 0.599. The lowest BCUT2D eigenvalue weighted by molar-refractivity contribution is 0.102. The van der Waals surface area contributed by atoms with Crippen LogP contribution in [0, 0.1) is 0 Å². The molecule has 0 radical (unpaired) electrons. The zero-order chi connectivity index (χ0) is 22.5. The summed E-state index contributed by atoms with van der Waals surface area (Å²) in [5, 5.41) is 3.42. The van der Waals surface area contributed by atoms with E-state index in [-0.39, 0.29) is 5.91 Å². The number of aryl methyl sites for hydroxylation is 1. The molecule has 0 saturated carbocycles. The van der Waals surface area contributed by atoms with Crippen LogP contribution in [0.5, 0.6) is 0 Å². The lowest BCUT2D eigenvalue weighted by Crippen LogP contribution is -2.32. The summed E-state index contributed by atoms with van der Waals surface area (Å²) in [6, 6.07) is 9.80. The van der Waals surface area contributed by atoms with Gasteiger partial charge in [-0.15, -0.1) is 0 Å². The molecule has 3 heterocycles.